The van der Waals surface area contributed by atoms with E-state index in [1.54, 1.807) is 28.8 Å². The van der Waals surface area contributed by atoms with Crippen LogP contribution in [0.1, 0.15) is 22.5 Å². The lowest BCUT2D eigenvalue weighted by Gasteiger charge is -2.35. The SMILES string of the molecule is CN(C)CCCN1CCN(Cc2c(C(=O)O)c3ccccc3c(=O)n2-c2ccccc2)CC1. The Morgan fingerprint density at radius 3 is 2.15 bits per heavy atom. The molecule has 33 heavy (non-hydrogen) atoms. The number of hydrogen-bond acceptors (Lipinski definition) is 5. The molecule has 2 heterocycles. The predicted octanol–water partition coefficient (Wildman–Crippen LogP) is 2.76. The fourth-order valence-corrected chi connectivity index (χ4v) is 4.63. The monoisotopic (exact) mass is 448 g/mol. The number of nitrogens with zero attached hydrogens (tertiary/aromatic N) is 4. The molecule has 0 atom stereocenters. The summed E-state index contributed by atoms with van der Waals surface area (Å²) in [6.45, 7) is 6.13. The molecule has 0 amide bonds. The smallest absolute Gasteiger partial charge is 0.338 e. The van der Waals surface area contributed by atoms with E-state index in [9.17, 15) is 14.7 Å². The van der Waals surface area contributed by atoms with E-state index in [1.807, 2.05) is 30.3 Å². The maximum Gasteiger partial charge on any atom is 0.338 e. The maximum absolute atomic E-state index is 13.5. The molecule has 1 fully saturated rings. The van der Waals surface area contributed by atoms with Gasteiger partial charge in [0.15, 0.2) is 0 Å². The third kappa shape index (κ3) is 5.16. The molecule has 0 radical (unpaired) electrons. The number of benzene rings is 2. The van der Waals surface area contributed by atoms with Gasteiger partial charge in [-0.3, -0.25) is 14.3 Å². The Balaban J connectivity index is 1.68. The summed E-state index contributed by atoms with van der Waals surface area (Å²) in [6, 6.07) is 16.4. The van der Waals surface area contributed by atoms with Crippen LogP contribution in [0, 0.1) is 0 Å². The first-order chi connectivity index (χ1) is 16.0. The summed E-state index contributed by atoms with van der Waals surface area (Å²) in [5.74, 6) is -1.01. The van der Waals surface area contributed by atoms with Crippen LogP contribution in [0.3, 0.4) is 0 Å². The number of rotatable bonds is 8. The Kier molecular flexibility index (Phi) is 7.23. The highest BCUT2D eigenvalue weighted by molar-refractivity contribution is 6.04. The Bertz CT molecular complexity index is 1170. The minimum atomic E-state index is -1.01. The van der Waals surface area contributed by atoms with Crippen LogP contribution in [-0.2, 0) is 6.54 Å². The number of carbonyl (C=O) groups is 1. The number of aromatic nitrogens is 1. The molecule has 4 rings (SSSR count). The van der Waals surface area contributed by atoms with E-state index in [2.05, 4.69) is 28.8 Å². The molecule has 2 aromatic carbocycles. The molecule has 0 bridgehead atoms. The standard InChI is InChI=1S/C26H32N4O3/c1-27(2)13-8-14-28-15-17-29(18-16-28)19-23-24(26(32)33)21-11-6-7-12-22(21)25(31)30(23)20-9-4-3-5-10-20/h3-7,9-12H,8,13-19H2,1-2H3,(H,32,33). The minimum absolute atomic E-state index is 0.181. The van der Waals surface area contributed by atoms with Gasteiger partial charge in [0.25, 0.3) is 5.56 Å². The Morgan fingerprint density at radius 1 is 0.909 bits per heavy atom. The van der Waals surface area contributed by atoms with Crippen LogP contribution in [0.2, 0.25) is 0 Å². The van der Waals surface area contributed by atoms with Gasteiger partial charge in [-0.25, -0.2) is 4.79 Å². The molecule has 0 saturated carbocycles. The number of fused-ring (bicyclic) bond motifs is 1. The molecule has 1 aliphatic rings. The van der Waals surface area contributed by atoms with Gasteiger partial charge in [0.1, 0.15) is 0 Å². The quantitative estimate of drug-likeness (QED) is 0.572. The number of carboxylic acids is 1. The highest BCUT2D eigenvalue weighted by Crippen LogP contribution is 2.24. The molecule has 0 aliphatic carbocycles. The zero-order chi connectivity index (χ0) is 23.4. The van der Waals surface area contributed by atoms with E-state index >= 15 is 0 Å². The Morgan fingerprint density at radius 2 is 1.52 bits per heavy atom. The van der Waals surface area contributed by atoms with Crippen LogP contribution in [0.25, 0.3) is 16.5 Å². The highest BCUT2D eigenvalue weighted by Gasteiger charge is 2.25. The van der Waals surface area contributed by atoms with Crippen molar-refractivity contribution < 1.29 is 9.90 Å². The summed E-state index contributed by atoms with van der Waals surface area (Å²) in [4.78, 5) is 32.9. The second-order valence-corrected chi connectivity index (χ2v) is 8.92. The molecule has 1 saturated heterocycles. The van der Waals surface area contributed by atoms with E-state index < -0.39 is 5.97 Å². The summed E-state index contributed by atoms with van der Waals surface area (Å²) >= 11 is 0. The lowest BCUT2D eigenvalue weighted by Crippen LogP contribution is -2.47. The van der Waals surface area contributed by atoms with Gasteiger partial charge >= 0.3 is 5.97 Å². The van der Waals surface area contributed by atoms with Crippen LogP contribution in [-0.4, -0.2) is 83.7 Å². The Labute approximate surface area is 194 Å². The fourth-order valence-electron chi connectivity index (χ4n) is 4.63. The molecule has 1 aromatic heterocycles. The molecular formula is C26H32N4O3. The van der Waals surface area contributed by atoms with Gasteiger partial charge in [0.05, 0.1) is 11.3 Å². The van der Waals surface area contributed by atoms with Gasteiger partial charge in [0, 0.05) is 49.2 Å². The van der Waals surface area contributed by atoms with Crippen molar-refractivity contribution in [2.24, 2.45) is 0 Å². The molecule has 0 spiro atoms. The van der Waals surface area contributed by atoms with E-state index in [-0.39, 0.29) is 11.1 Å². The number of para-hydroxylation sites is 1. The normalized spacial score (nSPS) is 15.4. The summed E-state index contributed by atoms with van der Waals surface area (Å²) in [6.07, 6.45) is 1.13. The molecule has 174 valence electrons. The molecule has 1 N–H and O–H groups in total. The summed E-state index contributed by atoms with van der Waals surface area (Å²) in [5, 5.41) is 11.1. The molecule has 7 heteroatoms. The van der Waals surface area contributed by atoms with E-state index in [4.69, 9.17) is 0 Å². The number of carboxylic acid groups (broad SMARTS) is 1. The second-order valence-electron chi connectivity index (χ2n) is 8.92. The van der Waals surface area contributed by atoms with E-state index in [0.29, 0.717) is 28.7 Å². The minimum Gasteiger partial charge on any atom is -0.478 e. The van der Waals surface area contributed by atoms with Gasteiger partial charge in [-0.05, 0) is 51.8 Å². The number of hydrogen-bond donors (Lipinski definition) is 1. The van der Waals surface area contributed by atoms with Gasteiger partial charge in [-0.1, -0.05) is 36.4 Å². The summed E-state index contributed by atoms with van der Waals surface area (Å²) < 4.78 is 1.59. The van der Waals surface area contributed by atoms with Crippen molar-refractivity contribution >= 4 is 16.7 Å². The third-order valence-corrected chi connectivity index (χ3v) is 6.33. The first kappa shape index (κ1) is 23.2. The van der Waals surface area contributed by atoms with Crippen molar-refractivity contribution in [1.82, 2.24) is 19.3 Å². The van der Waals surface area contributed by atoms with Crippen molar-refractivity contribution in [3.05, 3.63) is 76.2 Å². The van der Waals surface area contributed by atoms with Crippen molar-refractivity contribution in [2.45, 2.75) is 13.0 Å². The highest BCUT2D eigenvalue weighted by atomic mass is 16.4. The summed E-state index contributed by atoms with van der Waals surface area (Å²) in [7, 11) is 4.18. The molecule has 0 unspecified atom stereocenters. The fraction of sp³-hybridized carbons (Fsp3) is 0.385. The van der Waals surface area contributed by atoms with Gasteiger partial charge in [-0.2, -0.15) is 0 Å². The molecular weight excluding hydrogens is 416 g/mol. The van der Waals surface area contributed by atoms with Crippen LogP contribution in [0.4, 0.5) is 0 Å². The van der Waals surface area contributed by atoms with Crippen molar-refractivity contribution in [2.75, 3.05) is 53.4 Å². The third-order valence-electron chi connectivity index (χ3n) is 6.33. The van der Waals surface area contributed by atoms with Crippen LogP contribution in [0.5, 0.6) is 0 Å². The molecule has 7 nitrogen and oxygen atoms in total. The first-order valence-corrected chi connectivity index (χ1v) is 11.5. The maximum atomic E-state index is 13.5. The van der Waals surface area contributed by atoms with E-state index in [1.165, 1.54) is 0 Å². The zero-order valence-corrected chi connectivity index (χ0v) is 19.4. The predicted molar refractivity (Wildman–Crippen MR) is 131 cm³/mol. The van der Waals surface area contributed by atoms with Crippen molar-refractivity contribution in [3.8, 4) is 5.69 Å². The first-order valence-electron chi connectivity index (χ1n) is 11.5. The lowest BCUT2D eigenvalue weighted by molar-refractivity contribution is 0.0693. The average Bonchev–Trinajstić information content (AvgIpc) is 2.81. The van der Waals surface area contributed by atoms with Gasteiger partial charge in [0.2, 0.25) is 0 Å². The Hall–Kier alpha value is -3.00. The number of pyridine rings is 1. The lowest BCUT2D eigenvalue weighted by atomic mass is 10.0. The van der Waals surface area contributed by atoms with Crippen LogP contribution in [0.15, 0.2) is 59.4 Å². The molecule has 1 aliphatic heterocycles. The largest absolute Gasteiger partial charge is 0.478 e. The second kappa shape index (κ2) is 10.3. The van der Waals surface area contributed by atoms with Crippen LogP contribution < -0.4 is 5.56 Å². The van der Waals surface area contributed by atoms with Crippen LogP contribution >= 0.6 is 0 Å². The summed E-state index contributed by atoms with van der Waals surface area (Å²) in [5.41, 5.74) is 1.26. The van der Waals surface area contributed by atoms with E-state index in [0.717, 1.165) is 45.7 Å². The topological polar surface area (TPSA) is 69.0 Å². The van der Waals surface area contributed by atoms with Gasteiger partial charge in [-0.15, -0.1) is 0 Å². The van der Waals surface area contributed by atoms with Gasteiger partial charge < -0.3 is 14.9 Å². The average molecular weight is 449 g/mol. The zero-order valence-electron chi connectivity index (χ0n) is 19.4. The number of piperazine rings is 1. The van der Waals surface area contributed by atoms with Crippen molar-refractivity contribution in [1.29, 1.82) is 0 Å². The van der Waals surface area contributed by atoms with Crippen molar-refractivity contribution in [3.63, 3.8) is 0 Å². The number of aromatic carboxylic acids is 1. The molecule has 3 aromatic rings.